The van der Waals surface area contributed by atoms with Crippen LogP contribution in [0.3, 0.4) is 0 Å². The van der Waals surface area contributed by atoms with E-state index in [2.05, 4.69) is 66.2 Å². The van der Waals surface area contributed by atoms with E-state index in [-0.39, 0.29) is 28.6 Å². The van der Waals surface area contributed by atoms with Crippen molar-refractivity contribution >= 4 is 68.9 Å². The number of benzene rings is 2. The maximum absolute atomic E-state index is 13.0. The molecule has 0 saturated carbocycles. The summed E-state index contributed by atoms with van der Waals surface area (Å²) in [6.45, 7) is 14.2. The number of amides is 1. The summed E-state index contributed by atoms with van der Waals surface area (Å²) < 4.78 is 49.4. The number of carboxylic acid groups (broad SMARTS) is 1. The average molecular weight is 939 g/mol. The molecule has 4 rings (SSSR count). The molecule has 2 aliphatic heterocycles. The first kappa shape index (κ1) is 52.7. The molecule has 16 nitrogen and oxygen atoms in total. The summed E-state index contributed by atoms with van der Waals surface area (Å²) >= 11 is 1.87. The summed E-state index contributed by atoms with van der Waals surface area (Å²) in [4.78, 5) is 24.5. The van der Waals surface area contributed by atoms with E-state index < -0.39 is 21.5 Å². The molecule has 0 bridgehead atoms. The third kappa shape index (κ3) is 15.3. The van der Waals surface area contributed by atoms with Gasteiger partial charge in [0.25, 0.3) is 0 Å². The van der Waals surface area contributed by atoms with Gasteiger partial charge in [-0.3, -0.25) is 14.6 Å². The Morgan fingerprint density at radius 1 is 0.825 bits per heavy atom. The Bertz CT molecular complexity index is 2010. The molecule has 0 aromatic heterocycles. The van der Waals surface area contributed by atoms with E-state index in [1.165, 1.54) is 17.8 Å². The van der Waals surface area contributed by atoms with Gasteiger partial charge in [-0.15, -0.1) is 4.33 Å². The molecule has 0 fully saturated rings. The SMILES string of the molecule is CC1=[N+](CCCCCC(=O)NCC(CCCCCC(=O)O)CNCCCCCC2(C)C(C)=[N+](CCCSOOO)c3ccc(S(=O)(=O)[O-])cc32)c2ccc(SOO[O-])cc2C1(C)C. The molecule has 2 aromatic carbocycles. The Hall–Kier alpha value is -2.95. The van der Waals surface area contributed by atoms with E-state index in [0.717, 1.165) is 141 Å². The van der Waals surface area contributed by atoms with Crippen LogP contribution in [0.15, 0.2) is 46.2 Å². The van der Waals surface area contributed by atoms with Crippen LogP contribution in [0, 0.1) is 5.92 Å². The number of aliphatic carboxylic acids is 1. The standard InChI is InChI=1S/C44H66N4O12S3/c1-32-43(3,4)37-28-35(62-60-58-53)19-21-39(37)47(32)25-14-7-10-17-41(49)46-31-34(16-9-6-11-18-42(50)51)30-45-24-13-8-12-23-44(5)33(2)48(26-15-27-61-59-57-52)40-22-20-36(29-38(40)44)63(54,55)56/h19-22,28-29,34,45H,6-18,23-27,30-31H2,1-5H3,(H3-2,46,49,50,51,52,53,54,55,56). The first-order valence-corrected chi connectivity index (χ1v) is 25.0. The Morgan fingerprint density at radius 3 is 2.24 bits per heavy atom. The van der Waals surface area contributed by atoms with Crippen molar-refractivity contribution in [3.05, 3.63) is 47.5 Å². The summed E-state index contributed by atoms with van der Waals surface area (Å²) in [6, 6.07) is 10.6. The van der Waals surface area contributed by atoms with Gasteiger partial charge >= 0.3 is 5.97 Å². The number of carbonyl (C=O) groups is 2. The van der Waals surface area contributed by atoms with Crippen molar-refractivity contribution in [3.8, 4) is 0 Å². The Kier molecular flexibility index (Phi) is 21.5. The predicted molar refractivity (Wildman–Crippen MR) is 239 cm³/mol. The van der Waals surface area contributed by atoms with E-state index in [4.69, 9.17) is 10.4 Å². The lowest BCUT2D eigenvalue weighted by Crippen LogP contribution is -2.35. The molecule has 2 aromatic rings. The second-order valence-electron chi connectivity index (χ2n) is 17.3. The molecule has 4 N–H and O–H groups in total. The van der Waals surface area contributed by atoms with Gasteiger partial charge in [-0.1, -0.05) is 30.7 Å². The van der Waals surface area contributed by atoms with Crippen LogP contribution in [0.5, 0.6) is 0 Å². The van der Waals surface area contributed by atoms with Crippen LogP contribution in [0.1, 0.15) is 136 Å². The molecular formula is C44H66N4O12S3. The predicted octanol–water partition coefficient (Wildman–Crippen LogP) is 7.23. The fourth-order valence-corrected chi connectivity index (χ4v) is 10.0. The minimum absolute atomic E-state index is 0.0346. The van der Waals surface area contributed by atoms with Crippen molar-refractivity contribution in [1.29, 1.82) is 0 Å². The zero-order valence-electron chi connectivity index (χ0n) is 37.3. The Balaban J connectivity index is 1.22. The number of nitrogens with zero attached hydrogens (tertiary/aromatic N) is 2. The van der Waals surface area contributed by atoms with E-state index in [0.29, 0.717) is 38.1 Å². The summed E-state index contributed by atoms with van der Waals surface area (Å²) in [5.74, 6) is 0.0140. The number of carbonyl (C=O) groups excluding carboxylic acids is 1. The fourth-order valence-electron chi connectivity index (χ4n) is 8.77. The number of fused-ring (bicyclic) bond motifs is 2. The maximum atomic E-state index is 13.0. The van der Waals surface area contributed by atoms with Gasteiger partial charge in [0, 0.05) is 92.0 Å². The lowest BCUT2D eigenvalue weighted by atomic mass is 9.76. The van der Waals surface area contributed by atoms with Crippen LogP contribution >= 0.6 is 24.1 Å². The number of unbranched alkanes of at least 4 members (excludes halogenated alkanes) is 6. The van der Waals surface area contributed by atoms with Crippen LogP contribution in [0.4, 0.5) is 11.4 Å². The van der Waals surface area contributed by atoms with E-state index in [9.17, 15) is 27.8 Å². The number of nitrogens with one attached hydrogen (secondary N) is 2. The summed E-state index contributed by atoms with van der Waals surface area (Å²) in [6.07, 6.45) is 10.7. The summed E-state index contributed by atoms with van der Waals surface area (Å²) in [7, 11) is -4.63. The van der Waals surface area contributed by atoms with Gasteiger partial charge in [-0.25, -0.2) is 13.7 Å². The van der Waals surface area contributed by atoms with Crippen LogP contribution < -0.4 is 15.9 Å². The van der Waals surface area contributed by atoms with Crippen molar-refractivity contribution in [2.75, 3.05) is 38.5 Å². The van der Waals surface area contributed by atoms with Crippen LogP contribution in [-0.2, 0) is 49.3 Å². The second-order valence-corrected chi connectivity index (χ2v) is 20.2. The highest BCUT2D eigenvalue weighted by Gasteiger charge is 2.46. The minimum Gasteiger partial charge on any atom is -0.744 e. The number of hydrogen-bond acceptors (Lipinski definition) is 14. The highest BCUT2D eigenvalue weighted by Crippen LogP contribution is 2.45. The number of rotatable bonds is 32. The van der Waals surface area contributed by atoms with E-state index in [1.807, 2.05) is 25.1 Å². The topological polar surface area (TPSA) is 222 Å². The molecule has 2 unspecified atom stereocenters. The molecule has 352 valence electrons. The molecule has 2 heterocycles. The smallest absolute Gasteiger partial charge is 0.303 e. The van der Waals surface area contributed by atoms with Gasteiger partial charge < -0.3 is 25.6 Å². The van der Waals surface area contributed by atoms with Crippen molar-refractivity contribution in [2.45, 2.75) is 145 Å². The van der Waals surface area contributed by atoms with Crippen LogP contribution in [0.2, 0.25) is 0 Å². The quantitative estimate of drug-likeness (QED) is 0.0142. The van der Waals surface area contributed by atoms with Gasteiger partial charge in [0.1, 0.15) is 23.2 Å². The largest absolute Gasteiger partial charge is 0.744 e. The van der Waals surface area contributed by atoms with Gasteiger partial charge in [0.05, 0.1) is 27.8 Å². The fraction of sp³-hybridized carbons (Fsp3) is 0.636. The third-order valence-corrected chi connectivity index (χ3v) is 14.8. The molecule has 0 aliphatic carbocycles. The molecule has 19 heteroatoms. The van der Waals surface area contributed by atoms with Crippen molar-refractivity contribution in [1.82, 2.24) is 10.6 Å². The second kappa shape index (κ2) is 25.7. The lowest BCUT2D eigenvalue weighted by molar-refractivity contribution is -0.777. The molecule has 1 amide bonds. The molecule has 0 radical (unpaired) electrons. The number of hydrogen-bond donors (Lipinski definition) is 4. The molecule has 63 heavy (non-hydrogen) atoms. The minimum atomic E-state index is -4.63. The van der Waals surface area contributed by atoms with Gasteiger partial charge in [-0.05, 0) is 103 Å². The van der Waals surface area contributed by atoms with Crippen molar-refractivity contribution in [3.63, 3.8) is 0 Å². The van der Waals surface area contributed by atoms with E-state index in [1.54, 1.807) is 6.07 Å². The Labute approximate surface area is 381 Å². The lowest BCUT2D eigenvalue weighted by Gasteiger charge is -2.23. The highest BCUT2D eigenvalue weighted by molar-refractivity contribution is 7.94. The van der Waals surface area contributed by atoms with Crippen LogP contribution in [-0.4, -0.2) is 94.3 Å². The normalized spacial score (nSPS) is 17.3. The van der Waals surface area contributed by atoms with Crippen LogP contribution in [0.25, 0.3) is 0 Å². The molecular weight excluding hydrogens is 873 g/mol. The van der Waals surface area contributed by atoms with Crippen molar-refractivity contribution < 1.29 is 66.1 Å². The van der Waals surface area contributed by atoms with Gasteiger partial charge in [0.2, 0.25) is 17.3 Å². The maximum Gasteiger partial charge on any atom is 0.303 e. The van der Waals surface area contributed by atoms with Gasteiger partial charge in [0.15, 0.2) is 11.4 Å². The molecule has 0 saturated heterocycles. The van der Waals surface area contributed by atoms with E-state index >= 15 is 0 Å². The summed E-state index contributed by atoms with van der Waals surface area (Å²) in [5.41, 5.74) is 5.70. The highest BCUT2D eigenvalue weighted by atomic mass is 32.2. The zero-order valence-corrected chi connectivity index (χ0v) is 39.7. The average Bonchev–Trinajstić information content (AvgIpc) is 3.57. The monoisotopic (exact) mass is 938 g/mol. The zero-order chi connectivity index (χ0) is 46.0. The first-order chi connectivity index (χ1) is 30.0. The summed E-state index contributed by atoms with van der Waals surface area (Å²) in [5, 5.41) is 41.7. The van der Waals surface area contributed by atoms with Crippen molar-refractivity contribution in [2.24, 2.45) is 5.92 Å². The number of carboxylic acids is 1. The molecule has 2 aliphatic rings. The molecule has 2 atom stereocenters. The third-order valence-electron chi connectivity index (χ3n) is 12.8. The molecule has 0 spiro atoms. The van der Waals surface area contributed by atoms with Gasteiger partial charge in [-0.2, -0.15) is 13.5 Å². The Morgan fingerprint density at radius 2 is 1.51 bits per heavy atom. The first-order valence-electron chi connectivity index (χ1n) is 21.9.